The lowest BCUT2D eigenvalue weighted by molar-refractivity contribution is 0.102. The third-order valence-corrected chi connectivity index (χ3v) is 4.05. The fraction of sp³-hybridized carbons (Fsp3) is 0.150. The molecule has 0 saturated carbocycles. The summed E-state index contributed by atoms with van der Waals surface area (Å²) in [4.78, 5) is 21.3. The van der Waals surface area contributed by atoms with Crippen molar-refractivity contribution >= 4 is 34.8 Å². The fourth-order valence-corrected chi connectivity index (χ4v) is 2.76. The molecule has 0 aliphatic heterocycles. The summed E-state index contributed by atoms with van der Waals surface area (Å²) in [6, 6.07) is 16.6. The average molecular weight is 367 g/mol. The van der Waals surface area contributed by atoms with Crippen LogP contribution in [0.5, 0.6) is 0 Å². The second-order valence-electron chi connectivity index (χ2n) is 5.82. The van der Waals surface area contributed by atoms with Gasteiger partial charge in [-0.1, -0.05) is 42.8 Å². The summed E-state index contributed by atoms with van der Waals surface area (Å²) in [5.74, 6) is 0.0757. The first-order valence-electron chi connectivity index (χ1n) is 8.32. The van der Waals surface area contributed by atoms with E-state index in [2.05, 4.69) is 27.5 Å². The highest BCUT2D eigenvalue weighted by Crippen LogP contribution is 2.20. The molecule has 132 valence electrons. The number of hydrogen-bond acceptors (Lipinski definition) is 4. The van der Waals surface area contributed by atoms with Crippen LogP contribution in [-0.2, 0) is 6.42 Å². The van der Waals surface area contributed by atoms with Gasteiger partial charge in [0.2, 0.25) is 5.95 Å². The van der Waals surface area contributed by atoms with Gasteiger partial charge in [0.05, 0.1) is 0 Å². The molecule has 1 amide bonds. The Balaban J connectivity index is 1.84. The van der Waals surface area contributed by atoms with Gasteiger partial charge in [0, 0.05) is 22.1 Å². The Bertz CT molecular complexity index is 943. The van der Waals surface area contributed by atoms with Crippen molar-refractivity contribution in [1.29, 1.82) is 0 Å². The van der Waals surface area contributed by atoms with Gasteiger partial charge in [-0.25, -0.2) is 9.97 Å². The van der Waals surface area contributed by atoms with Crippen molar-refractivity contribution in [1.82, 2.24) is 9.97 Å². The van der Waals surface area contributed by atoms with E-state index in [1.54, 1.807) is 30.3 Å². The van der Waals surface area contributed by atoms with Gasteiger partial charge < -0.3 is 10.6 Å². The number of rotatable bonds is 5. The predicted molar refractivity (Wildman–Crippen MR) is 105 cm³/mol. The van der Waals surface area contributed by atoms with Gasteiger partial charge in [-0.05, 0) is 49.2 Å². The second-order valence-corrected chi connectivity index (χ2v) is 6.25. The van der Waals surface area contributed by atoms with Crippen LogP contribution in [0.3, 0.4) is 0 Å². The molecule has 26 heavy (non-hydrogen) atoms. The minimum absolute atomic E-state index is 0.286. The normalized spacial score (nSPS) is 10.4. The summed E-state index contributed by atoms with van der Waals surface area (Å²) in [6.07, 6.45) is 0.886. The molecule has 0 aliphatic rings. The van der Waals surface area contributed by atoms with Gasteiger partial charge in [0.1, 0.15) is 5.69 Å². The van der Waals surface area contributed by atoms with Crippen molar-refractivity contribution in [3.05, 3.63) is 76.6 Å². The molecule has 0 aliphatic carbocycles. The maximum absolute atomic E-state index is 12.5. The standard InChI is InChI=1S/C20H19ClN4O/c1-3-14-7-4-5-10-17(14)24-20-22-13(2)11-18(25-20)19(26)23-16-9-6-8-15(21)12-16/h4-12H,3H2,1-2H3,(H,23,26)(H,22,24,25). The average Bonchev–Trinajstić information content (AvgIpc) is 2.61. The lowest BCUT2D eigenvalue weighted by atomic mass is 10.1. The van der Waals surface area contributed by atoms with E-state index in [4.69, 9.17) is 11.6 Å². The van der Waals surface area contributed by atoms with Gasteiger partial charge in [-0.15, -0.1) is 0 Å². The van der Waals surface area contributed by atoms with Crippen molar-refractivity contribution in [2.45, 2.75) is 20.3 Å². The van der Waals surface area contributed by atoms with E-state index in [1.807, 2.05) is 31.2 Å². The summed E-state index contributed by atoms with van der Waals surface area (Å²) in [5, 5.41) is 6.56. The Labute approximate surface area is 157 Å². The van der Waals surface area contributed by atoms with Crippen LogP contribution < -0.4 is 10.6 Å². The maximum atomic E-state index is 12.5. The molecule has 0 radical (unpaired) electrons. The van der Waals surface area contributed by atoms with Crippen LogP contribution in [0.2, 0.25) is 5.02 Å². The minimum atomic E-state index is -0.315. The number of aromatic nitrogens is 2. The van der Waals surface area contributed by atoms with Crippen LogP contribution in [0.15, 0.2) is 54.6 Å². The second kappa shape index (κ2) is 7.97. The van der Waals surface area contributed by atoms with Gasteiger partial charge in [-0.3, -0.25) is 4.79 Å². The minimum Gasteiger partial charge on any atom is -0.324 e. The van der Waals surface area contributed by atoms with Crippen molar-refractivity contribution < 1.29 is 4.79 Å². The highest BCUT2D eigenvalue weighted by atomic mass is 35.5. The Kier molecular flexibility index (Phi) is 5.49. The molecule has 0 unspecified atom stereocenters. The SMILES string of the molecule is CCc1ccccc1Nc1nc(C)cc(C(=O)Nc2cccc(Cl)c2)n1. The Morgan fingerprint density at radius 1 is 1.08 bits per heavy atom. The van der Waals surface area contributed by atoms with E-state index in [1.165, 1.54) is 0 Å². The van der Waals surface area contributed by atoms with E-state index in [0.29, 0.717) is 22.4 Å². The predicted octanol–water partition coefficient (Wildman–Crippen LogP) is 5.00. The number of hydrogen-bond donors (Lipinski definition) is 2. The number of amides is 1. The molecular weight excluding hydrogens is 348 g/mol. The van der Waals surface area contributed by atoms with Crippen LogP contribution >= 0.6 is 11.6 Å². The zero-order valence-electron chi connectivity index (χ0n) is 14.6. The van der Waals surface area contributed by atoms with Gasteiger partial charge in [0.15, 0.2) is 0 Å². The molecule has 0 bridgehead atoms. The summed E-state index contributed by atoms with van der Waals surface area (Å²) in [6.45, 7) is 3.91. The highest BCUT2D eigenvalue weighted by Gasteiger charge is 2.12. The van der Waals surface area contributed by atoms with Crippen LogP contribution in [0.4, 0.5) is 17.3 Å². The summed E-state index contributed by atoms with van der Waals surface area (Å²) in [5.41, 5.74) is 3.69. The first-order chi connectivity index (χ1) is 12.5. The van der Waals surface area contributed by atoms with Crippen LogP contribution in [-0.4, -0.2) is 15.9 Å². The zero-order chi connectivity index (χ0) is 18.5. The molecule has 0 fully saturated rings. The number of carbonyl (C=O) groups is 1. The van der Waals surface area contributed by atoms with Crippen LogP contribution in [0.1, 0.15) is 28.7 Å². The first-order valence-corrected chi connectivity index (χ1v) is 8.70. The van der Waals surface area contributed by atoms with E-state index in [9.17, 15) is 4.79 Å². The van der Waals surface area contributed by atoms with Crippen molar-refractivity contribution in [3.63, 3.8) is 0 Å². The summed E-state index contributed by atoms with van der Waals surface area (Å²) < 4.78 is 0. The Hall–Kier alpha value is -2.92. The number of para-hydroxylation sites is 1. The fourth-order valence-electron chi connectivity index (χ4n) is 2.57. The molecule has 3 aromatic rings. The molecule has 3 rings (SSSR count). The van der Waals surface area contributed by atoms with E-state index in [0.717, 1.165) is 17.7 Å². The molecule has 2 N–H and O–H groups in total. The molecular formula is C20H19ClN4O. The van der Waals surface area contributed by atoms with Gasteiger partial charge in [0.25, 0.3) is 5.91 Å². The van der Waals surface area contributed by atoms with Crippen molar-refractivity contribution in [3.8, 4) is 0 Å². The zero-order valence-corrected chi connectivity index (χ0v) is 15.3. The number of anilines is 3. The summed E-state index contributed by atoms with van der Waals surface area (Å²) >= 11 is 5.96. The van der Waals surface area contributed by atoms with Crippen LogP contribution in [0, 0.1) is 6.92 Å². The highest BCUT2D eigenvalue weighted by molar-refractivity contribution is 6.30. The number of carbonyl (C=O) groups excluding carboxylic acids is 1. The molecule has 0 spiro atoms. The summed E-state index contributed by atoms with van der Waals surface area (Å²) in [7, 11) is 0. The third kappa shape index (κ3) is 4.37. The Morgan fingerprint density at radius 2 is 1.88 bits per heavy atom. The van der Waals surface area contributed by atoms with Crippen LogP contribution in [0.25, 0.3) is 0 Å². The smallest absolute Gasteiger partial charge is 0.274 e. The molecule has 1 aromatic heterocycles. The molecule has 2 aromatic carbocycles. The molecule has 1 heterocycles. The number of benzene rings is 2. The largest absolute Gasteiger partial charge is 0.324 e. The quantitative estimate of drug-likeness (QED) is 0.667. The number of nitrogens with zero attached hydrogens (tertiary/aromatic N) is 2. The van der Waals surface area contributed by atoms with E-state index < -0.39 is 0 Å². The molecule has 6 heteroatoms. The monoisotopic (exact) mass is 366 g/mol. The van der Waals surface area contributed by atoms with Crippen molar-refractivity contribution in [2.24, 2.45) is 0 Å². The third-order valence-electron chi connectivity index (χ3n) is 3.81. The molecule has 0 atom stereocenters. The topological polar surface area (TPSA) is 66.9 Å². The molecule has 5 nitrogen and oxygen atoms in total. The lowest BCUT2D eigenvalue weighted by Gasteiger charge is -2.11. The van der Waals surface area contributed by atoms with Gasteiger partial charge >= 0.3 is 0 Å². The maximum Gasteiger partial charge on any atom is 0.274 e. The number of halogens is 1. The first kappa shape index (κ1) is 17.9. The van der Waals surface area contributed by atoms with E-state index >= 15 is 0 Å². The number of nitrogens with one attached hydrogen (secondary N) is 2. The Morgan fingerprint density at radius 3 is 2.65 bits per heavy atom. The van der Waals surface area contributed by atoms with Gasteiger partial charge in [-0.2, -0.15) is 0 Å². The van der Waals surface area contributed by atoms with E-state index in [-0.39, 0.29) is 11.6 Å². The number of aryl methyl sites for hydroxylation is 2. The lowest BCUT2D eigenvalue weighted by Crippen LogP contribution is -2.15. The molecule has 0 saturated heterocycles. The van der Waals surface area contributed by atoms with Crippen molar-refractivity contribution in [2.75, 3.05) is 10.6 Å².